The fourth-order valence-corrected chi connectivity index (χ4v) is 4.29. The van der Waals surface area contributed by atoms with E-state index in [2.05, 4.69) is 9.88 Å². The number of hydrogen-bond donors (Lipinski definition) is 1. The molecule has 5 heteroatoms. The number of hydrogen-bond acceptors (Lipinski definition) is 4. The van der Waals surface area contributed by atoms with Crippen molar-refractivity contribution in [1.82, 2.24) is 14.9 Å². The second kappa shape index (κ2) is 6.43. The largest absolute Gasteiger partial charge is 0.340 e. The summed E-state index contributed by atoms with van der Waals surface area (Å²) in [5, 5.41) is 0. The summed E-state index contributed by atoms with van der Waals surface area (Å²) in [7, 11) is 0. The average Bonchev–Trinajstić information content (AvgIpc) is 2.92. The molecule has 0 spiro atoms. The minimum absolute atomic E-state index is 0.0919. The van der Waals surface area contributed by atoms with Crippen molar-refractivity contribution >= 4 is 22.6 Å². The number of ketones is 2. The third-order valence-corrected chi connectivity index (χ3v) is 5.67. The van der Waals surface area contributed by atoms with E-state index >= 15 is 0 Å². The van der Waals surface area contributed by atoms with Gasteiger partial charge >= 0.3 is 0 Å². The quantitative estimate of drug-likeness (QED) is 0.592. The van der Waals surface area contributed by atoms with Crippen molar-refractivity contribution in [2.45, 2.75) is 32.2 Å². The maximum absolute atomic E-state index is 13.1. The smallest absolute Gasteiger partial charge is 0.196 e. The molecular formula is C22H21N3O2. The lowest BCUT2D eigenvalue weighted by atomic mass is 9.83. The van der Waals surface area contributed by atoms with Crippen LogP contribution < -0.4 is 0 Å². The number of fused-ring (bicyclic) bond motifs is 4. The maximum Gasteiger partial charge on any atom is 0.196 e. The molecule has 0 bridgehead atoms. The van der Waals surface area contributed by atoms with Gasteiger partial charge in [-0.1, -0.05) is 37.1 Å². The molecular weight excluding hydrogens is 338 g/mol. The number of carbonyl (C=O) groups is 2. The molecule has 1 aromatic heterocycles. The van der Waals surface area contributed by atoms with Gasteiger partial charge in [0, 0.05) is 16.7 Å². The Kier molecular flexibility index (Phi) is 3.90. The lowest BCUT2D eigenvalue weighted by molar-refractivity contribution is 0.0980. The molecule has 2 aliphatic rings. The van der Waals surface area contributed by atoms with Crippen molar-refractivity contribution in [2.24, 2.45) is 0 Å². The number of aromatic nitrogens is 2. The molecule has 5 nitrogen and oxygen atoms in total. The Morgan fingerprint density at radius 1 is 0.852 bits per heavy atom. The van der Waals surface area contributed by atoms with Crippen LogP contribution in [-0.4, -0.2) is 39.5 Å². The van der Waals surface area contributed by atoms with Gasteiger partial charge in [0.2, 0.25) is 0 Å². The summed E-state index contributed by atoms with van der Waals surface area (Å²) in [6, 6.07) is 10.6. The number of aromatic amines is 1. The van der Waals surface area contributed by atoms with Crippen LogP contribution in [0.2, 0.25) is 0 Å². The maximum atomic E-state index is 13.1. The number of carbonyl (C=O) groups excluding carboxylic acids is 2. The Labute approximate surface area is 157 Å². The number of imidazole rings is 1. The molecule has 3 aromatic rings. The molecule has 0 unspecified atom stereocenters. The lowest BCUT2D eigenvalue weighted by Gasteiger charge is -2.18. The zero-order chi connectivity index (χ0) is 18.4. The monoisotopic (exact) mass is 359 g/mol. The fourth-order valence-electron chi connectivity index (χ4n) is 4.29. The van der Waals surface area contributed by atoms with E-state index in [-0.39, 0.29) is 11.6 Å². The van der Waals surface area contributed by atoms with Gasteiger partial charge in [0.25, 0.3) is 0 Å². The molecule has 27 heavy (non-hydrogen) atoms. The van der Waals surface area contributed by atoms with Gasteiger partial charge in [0.15, 0.2) is 11.6 Å². The Bertz CT molecular complexity index is 1060. The second-order valence-corrected chi connectivity index (χ2v) is 7.46. The Balaban J connectivity index is 1.57. The molecule has 2 aromatic carbocycles. The number of likely N-dealkylation sites (tertiary alicyclic amines) is 1. The van der Waals surface area contributed by atoms with Gasteiger partial charge in [-0.05, 0) is 38.1 Å². The van der Waals surface area contributed by atoms with Crippen LogP contribution in [0.15, 0.2) is 36.4 Å². The average molecular weight is 359 g/mol. The SMILES string of the molecule is O=C1c2ccccc2C(=O)c2c1ccc1nc(CN3CCCCCC3)[nH]c21. The predicted octanol–water partition coefficient (Wildman–Crippen LogP) is 3.71. The van der Waals surface area contributed by atoms with Gasteiger partial charge < -0.3 is 4.98 Å². The minimum Gasteiger partial charge on any atom is -0.340 e. The minimum atomic E-state index is -0.101. The normalized spacial score (nSPS) is 17.6. The molecule has 0 radical (unpaired) electrons. The molecule has 1 N–H and O–H groups in total. The Morgan fingerprint density at radius 2 is 1.56 bits per heavy atom. The van der Waals surface area contributed by atoms with Crippen LogP contribution in [0, 0.1) is 0 Å². The van der Waals surface area contributed by atoms with E-state index in [0.717, 1.165) is 31.0 Å². The first kappa shape index (κ1) is 16.4. The molecule has 1 aliphatic carbocycles. The number of benzene rings is 2. The van der Waals surface area contributed by atoms with E-state index in [9.17, 15) is 9.59 Å². The summed E-state index contributed by atoms with van der Waals surface area (Å²) in [5.41, 5.74) is 3.33. The Hall–Kier alpha value is -2.79. The third kappa shape index (κ3) is 2.70. The van der Waals surface area contributed by atoms with Crippen molar-refractivity contribution in [3.8, 4) is 0 Å². The molecule has 0 amide bonds. The van der Waals surface area contributed by atoms with Crippen molar-refractivity contribution in [3.05, 3.63) is 64.5 Å². The van der Waals surface area contributed by atoms with Gasteiger partial charge in [-0.3, -0.25) is 14.5 Å². The lowest BCUT2D eigenvalue weighted by Crippen LogP contribution is -2.24. The zero-order valence-electron chi connectivity index (χ0n) is 15.1. The van der Waals surface area contributed by atoms with E-state index < -0.39 is 0 Å². The number of H-pyrrole nitrogens is 1. The van der Waals surface area contributed by atoms with Gasteiger partial charge in [-0.25, -0.2) is 4.98 Å². The molecule has 2 heterocycles. The first-order valence-electron chi connectivity index (χ1n) is 9.65. The summed E-state index contributed by atoms with van der Waals surface area (Å²) >= 11 is 0. The molecule has 1 aliphatic heterocycles. The summed E-state index contributed by atoms with van der Waals surface area (Å²) in [6.45, 7) is 2.92. The summed E-state index contributed by atoms with van der Waals surface area (Å²) < 4.78 is 0. The number of nitrogens with one attached hydrogen (secondary N) is 1. The van der Waals surface area contributed by atoms with Crippen LogP contribution in [0.5, 0.6) is 0 Å². The van der Waals surface area contributed by atoms with Crippen molar-refractivity contribution in [1.29, 1.82) is 0 Å². The van der Waals surface area contributed by atoms with Gasteiger partial charge in [-0.2, -0.15) is 0 Å². The Morgan fingerprint density at radius 3 is 2.30 bits per heavy atom. The molecule has 0 saturated carbocycles. The molecule has 1 saturated heterocycles. The summed E-state index contributed by atoms with van der Waals surface area (Å²) in [5.74, 6) is 0.668. The first-order chi connectivity index (χ1) is 13.2. The highest BCUT2D eigenvalue weighted by Gasteiger charge is 2.31. The molecule has 0 atom stereocenters. The zero-order valence-corrected chi connectivity index (χ0v) is 15.1. The third-order valence-electron chi connectivity index (χ3n) is 5.67. The van der Waals surface area contributed by atoms with E-state index in [0.29, 0.717) is 27.8 Å². The number of nitrogens with zero attached hydrogens (tertiary/aromatic N) is 2. The first-order valence-corrected chi connectivity index (χ1v) is 9.65. The standard InChI is InChI=1S/C22H21N3O2/c26-21-14-7-3-4-8-15(14)22(27)19-16(21)9-10-17-20(19)24-18(23-17)13-25-11-5-1-2-6-12-25/h3-4,7-10H,1-2,5-6,11-13H2,(H,23,24). The molecule has 136 valence electrons. The van der Waals surface area contributed by atoms with Crippen LogP contribution in [0.25, 0.3) is 11.0 Å². The highest BCUT2D eigenvalue weighted by molar-refractivity contribution is 6.31. The summed E-state index contributed by atoms with van der Waals surface area (Å²) in [4.78, 5) is 36.4. The summed E-state index contributed by atoms with van der Waals surface area (Å²) in [6.07, 6.45) is 5.03. The highest BCUT2D eigenvalue weighted by atomic mass is 16.1. The van der Waals surface area contributed by atoms with Crippen LogP contribution >= 0.6 is 0 Å². The van der Waals surface area contributed by atoms with E-state index in [1.54, 1.807) is 30.3 Å². The van der Waals surface area contributed by atoms with Crippen molar-refractivity contribution in [2.75, 3.05) is 13.1 Å². The van der Waals surface area contributed by atoms with Gasteiger partial charge in [0.1, 0.15) is 5.82 Å². The van der Waals surface area contributed by atoms with Gasteiger partial charge in [-0.15, -0.1) is 0 Å². The second-order valence-electron chi connectivity index (χ2n) is 7.46. The van der Waals surface area contributed by atoms with Crippen LogP contribution in [-0.2, 0) is 6.54 Å². The highest BCUT2D eigenvalue weighted by Crippen LogP contribution is 2.31. The van der Waals surface area contributed by atoms with E-state index in [1.165, 1.54) is 25.7 Å². The van der Waals surface area contributed by atoms with Crippen LogP contribution in [0.4, 0.5) is 0 Å². The van der Waals surface area contributed by atoms with Crippen molar-refractivity contribution < 1.29 is 9.59 Å². The van der Waals surface area contributed by atoms with Crippen molar-refractivity contribution in [3.63, 3.8) is 0 Å². The number of rotatable bonds is 2. The van der Waals surface area contributed by atoms with Gasteiger partial charge in [0.05, 0.1) is 23.1 Å². The molecule has 5 rings (SSSR count). The van der Waals surface area contributed by atoms with E-state index in [1.807, 2.05) is 6.07 Å². The molecule has 1 fully saturated rings. The predicted molar refractivity (Wildman–Crippen MR) is 103 cm³/mol. The van der Waals surface area contributed by atoms with Crippen LogP contribution in [0.3, 0.4) is 0 Å². The van der Waals surface area contributed by atoms with E-state index in [4.69, 9.17) is 4.98 Å². The fraction of sp³-hybridized carbons (Fsp3) is 0.318. The topological polar surface area (TPSA) is 66.1 Å². The van der Waals surface area contributed by atoms with Crippen LogP contribution in [0.1, 0.15) is 63.4 Å².